The van der Waals surface area contributed by atoms with Gasteiger partial charge >= 0.3 is 8.72 Å². The van der Waals surface area contributed by atoms with Crippen molar-refractivity contribution in [2.45, 2.75) is 27.2 Å². The minimum absolute atomic E-state index is 0.907. The quantitative estimate of drug-likeness (QED) is 0.609. The van der Waals surface area contributed by atoms with E-state index in [0.717, 1.165) is 24.7 Å². The molecule has 0 aromatic rings. The normalized spacial score (nSPS) is 12.1. The molecule has 0 radical (unpaired) electrons. The van der Waals surface area contributed by atoms with E-state index < -0.39 is 8.72 Å². The van der Waals surface area contributed by atoms with Crippen LogP contribution in [0.3, 0.4) is 0 Å². The molecule has 0 heterocycles. The molecule has 0 aliphatic carbocycles. The molecule has 0 aliphatic heterocycles. The van der Waals surface area contributed by atoms with Crippen molar-refractivity contribution in [1.29, 1.82) is 0 Å². The van der Waals surface area contributed by atoms with Gasteiger partial charge < -0.3 is 8.85 Å². The summed E-state index contributed by atoms with van der Waals surface area (Å²) in [5.74, 6) is 0. The topological polar surface area (TPSA) is 21.7 Å². The van der Waals surface area contributed by atoms with E-state index in [1.54, 1.807) is 14.2 Å². The number of hydrogen-bond acceptors (Lipinski definition) is 3. The summed E-state index contributed by atoms with van der Waals surface area (Å²) in [6, 6.07) is 0. The van der Waals surface area contributed by atoms with E-state index in [0.29, 0.717) is 0 Å². The fourth-order valence-electron chi connectivity index (χ4n) is 1.72. The van der Waals surface area contributed by atoms with Gasteiger partial charge in [0.15, 0.2) is 0 Å². The maximum absolute atomic E-state index is 5.63. The molecule has 0 atom stereocenters. The van der Waals surface area contributed by atoms with Gasteiger partial charge in [-0.25, -0.2) is 0 Å². The summed E-state index contributed by atoms with van der Waals surface area (Å²) in [5, 5.41) is 1.09. The maximum Gasteiger partial charge on any atom is 0.457 e. The third-order valence-corrected chi connectivity index (χ3v) is 6.43. The zero-order chi connectivity index (χ0) is 11.2. The van der Waals surface area contributed by atoms with Crippen LogP contribution in [0.15, 0.2) is 11.8 Å². The Balaban J connectivity index is 4.93. The Kier molecular flexibility index (Phi) is 6.27. The summed E-state index contributed by atoms with van der Waals surface area (Å²) in [6.45, 7) is 12.3. The molecule has 0 aromatic heterocycles. The second kappa shape index (κ2) is 6.34. The molecular weight excluding hydrogens is 194 g/mol. The van der Waals surface area contributed by atoms with Crippen molar-refractivity contribution >= 4 is 8.72 Å². The molecule has 0 aliphatic rings. The summed E-state index contributed by atoms with van der Waals surface area (Å²) >= 11 is 0. The van der Waals surface area contributed by atoms with Crippen LogP contribution in [-0.2, 0) is 8.85 Å². The van der Waals surface area contributed by atoms with Crippen LogP contribution in [0, 0.1) is 0 Å². The van der Waals surface area contributed by atoms with Gasteiger partial charge in [0.05, 0.1) is 0 Å². The largest absolute Gasteiger partial charge is 0.457 e. The first-order valence-corrected chi connectivity index (χ1v) is 6.92. The maximum atomic E-state index is 5.63. The van der Waals surface area contributed by atoms with Gasteiger partial charge in [0, 0.05) is 14.2 Å². The fraction of sp³-hybridized carbons (Fsp3) is 0.800. The van der Waals surface area contributed by atoms with Gasteiger partial charge in [-0.15, -0.1) is 0 Å². The van der Waals surface area contributed by atoms with Crippen LogP contribution >= 0.6 is 0 Å². The smallest absolute Gasteiger partial charge is 0.383 e. The van der Waals surface area contributed by atoms with E-state index in [9.17, 15) is 0 Å². The van der Waals surface area contributed by atoms with E-state index in [1.165, 1.54) is 0 Å². The first-order chi connectivity index (χ1) is 6.62. The van der Waals surface area contributed by atoms with Crippen LogP contribution in [0.5, 0.6) is 0 Å². The van der Waals surface area contributed by atoms with Crippen molar-refractivity contribution in [2.75, 3.05) is 27.3 Å². The molecule has 0 spiro atoms. The zero-order valence-electron chi connectivity index (χ0n) is 10.1. The lowest BCUT2D eigenvalue weighted by atomic mass is 10.5. The second-order valence-corrected chi connectivity index (χ2v) is 6.44. The van der Waals surface area contributed by atoms with Crippen molar-refractivity contribution < 1.29 is 8.85 Å². The van der Waals surface area contributed by atoms with Crippen LogP contribution in [-0.4, -0.2) is 40.6 Å². The predicted octanol–water partition coefficient (Wildman–Crippen LogP) is 2.07. The lowest BCUT2D eigenvalue weighted by Crippen LogP contribution is -2.58. The molecule has 0 aromatic carbocycles. The molecule has 0 amide bonds. The van der Waals surface area contributed by atoms with Crippen molar-refractivity contribution in [3.8, 4) is 0 Å². The highest BCUT2D eigenvalue weighted by Gasteiger charge is 2.44. The van der Waals surface area contributed by atoms with Crippen molar-refractivity contribution in [3.63, 3.8) is 0 Å². The van der Waals surface area contributed by atoms with Crippen LogP contribution < -0.4 is 0 Å². The van der Waals surface area contributed by atoms with Gasteiger partial charge in [-0.05, 0) is 24.7 Å². The molecule has 3 nitrogen and oxygen atoms in total. The Bertz CT molecular complexity index is 177. The highest BCUT2D eigenvalue weighted by molar-refractivity contribution is 6.72. The number of rotatable bonds is 7. The molecule has 0 bridgehead atoms. The Morgan fingerprint density at radius 2 is 1.57 bits per heavy atom. The van der Waals surface area contributed by atoms with Crippen molar-refractivity contribution in [3.05, 3.63) is 11.8 Å². The van der Waals surface area contributed by atoms with E-state index in [-0.39, 0.29) is 0 Å². The van der Waals surface area contributed by atoms with E-state index in [1.807, 2.05) is 0 Å². The van der Waals surface area contributed by atoms with E-state index in [4.69, 9.17) is 8.85 Å². The van der Waals surface area contributed by atoms with E-state index in [2.05, 4.69) is 31.9 Å². The summed E-state index contributed by atoms with van der Waals surface area (Å²) in [6.07, 6.45) is 0.907. The number of allylic oxidation sites excluding steroid dienone is 1. The van der Waals surface area contributed by atoms with Gasteiger partial charge in [-0.3, -0.25) is 4.57 Å². The summed E-state index contributed by atoms with van der Waals surface area (Å²) in [5.41, 5.74) is 0. The highest BCUT2D eigenvalue weighted by atomic mass is 28.4. The van der Waals surface area contributed by atoms with E-state index >= 15 is 0 Å². The van der Waals surface area contributed by atoms with Crippen molar-refractivity contribution in [1.82, 2.24) is 4.57 Å². The number of nitrogens with zero attached hydrogens (tertiary/aromatic N) is 1. The molecule has 0 rings (SSSR count). The summed E-state index contributed by atoms with van der Waals surface area (Å²) < 4.78 is 13.5. The van der Waals surface area contributed by atoms with Crippen molar-refractivity contribution in [2.24, 2.45) is 0 Å². The average Bonchev–Trinajstić information content (AvgIpc) is 2.25. The van der Waals surface area contributed by atoms with Crippen LogP contribution in [0.4, 0.5) is 0 Å². The van der Waals surface area contributed by atoms with Gasteiger partial charge in [-0.2, -0.15) is 0 Å². The van der Waals surface area contributed by atoms with Crippen LogP contribution in [0.25, 0.3) is 0 Å². The molecule has 0 N–H and O–H groups in total. The van der Waals surface area contributed by atoms with Gasteiger partial charge in [0.2, 0.25) is 0 Å². The third-order valence-electron chi connectivity index (χ3n) is 2.61. The molecule has 4 heteroatoms. The fourth-order valence-corrected chi connectivity index (χ4v) is 4.70. The van der Waals surface area contributed by atoms with Gasteiger partial charge in [-0.1, -0.05) is 27.4 Å². The third kappa shape index (κ3) is 2.45. The first kappa shape index (κ1) is 13.8. The zero-order valence-corrected chi connectivity index (χ0v) is 11.1. The Morgan fingerprint density at radius 3 is 1.79 bits per heavy atom. The Labute approximate surface area is 89.0 Å². The van der Waals surface area contributed by atoms with Crippen LogP contribution in [0.1, 0.15) is 27.2 Å². The summed E-state index contributed by atoms with van der Waals surface area (Å²) in [7, 11) is 1.10. The summed E-state index contributed by atoms with van der Waals surface area (Å²) in [4.78, 5) is 0. The monoisotopic (exact) mass is 217 g/mol. The molecule has 0 saturated carbocycles. The minimum atomic E-state index is -2.34. The molecule has 0 unspecified atom stereocenters. The van der Waals surface area contributed by atoms with Gasteiger partial charge in [0.1, 0.15) is 0 Å². The highest BCUT2D eigenvalue weighted by Crippen LogP contribution is 2.22. The first-order valence-electron chi connectivity index (χ1n) is 5.16. The standard InChI is InChI=1S/C10H23NO2Si/c1-7-10(4)14(12-5,13-6)11(8-2)9-3/h4,7-9H2,1-3,5-6H3. The SMILES string of the molecule is C=C(CC)[Si](OC)(OC)N(CC)CC. The molecule has 14 heavy (non-hydrogen) atoms. The number of hydrogen-bond donors (Lipinski definition) is 0. The molecule has 0 saturated heterocycles. The molecule has 84 valence electrons. The van der Waals surface area contributed by atoms with Gasteiger partial charge in [0.25, 0.3) is 0 Å². The minimum Gasteiger partial charge on any atom is -0.383 e. The lowest BCUT2D eigenvalue weighted by molar-refractivity contribution is 0.177. The Hall–Kier alpha value is -0.163. The lowest BCUT2D eigenvalue weighted by Gasteiger charge is -2.37. The van der Waals surface area contributed by atoms with Crippen LogP contribution in [0.2, 0.25) is 0 Å². The molecular formula is C10H23NO2Si. The molecule has 0 fully saturated rings. The predicted molar refractivity (Wildman–Crippen MR) is 62.1 cm³/mol. The second-order valence-electron chi connectivity index (χ2n) is 3.12. The Morgan fingerprint density at radius 1 is 1.14 bits per heavy atom. The average molecular weight is 217 g/mol.